The Morgan fingerprint density at radius 1 is 1.44 bits per heavy atom. The molecule has 0 bridgehead atoms. The van der Waals surface area contributed by atoms with Crippen LogP contribution < -0.4 is 5.32 Å². The molecular formula is C15H24N2O. The Kier molecular flexibility index (Phi) is 6.61. The highest BCUT2D eigenvalue weighted by Gasteiger charge is 1.98. The van der Waals surface area contributed by atoms with Gasteiger partial charge in [-0.1, -0.05) is 25.5 Å². The van der Waals surface area contributed by atoms with Crippen molar-refractivity contribution in [3.63, 3.8) is 0 Å². The Morgan fingerprint density at radius 2 is 2.22 bits per heavy atom. The molecule has 3 nitrogen and oxygen atoms in total. The minimum absolute atomic E-state index is 0.496. The number of hydrogen-bond donors (Lipinski definition) is 1. The average Bonchev–Trinajstić information content (AvgIpc) is 2.33. The third-order valence-corrected chi connectivity index (χ3v) is 2.52. The molecule has 0 aliphatic heterocycles. The molecule has 0 amide bonds. The Bertz CT molecular complexity index is 357. The number of nitrogens with zero attached hydrogens (tertiary/aromatic N) is 1. The van der Waals surface area contributed by atoms with Gasteiger partial charge in [-0.05, 0) is 25.0 Å². The maximum atomic E-state index is 5.53. The molecule has 0 saturated carbocycles. The van der Waals surface area contributed by atoms with E-state index in [1.54, 1.807) is 0 Å². The van der Waals surface area contributed by atoms with Crippen LogP contribution in [0, 0.1) is 0 Å². The molecule has 18 heavy (non-hydrogen) atoms. The minimum Gasteiger partial charge on any atom is -0.375 e. The van der Waals surface area contributed by atoms with Crippen LogP contribution >= 0.6 is 0 Å². The number of rotatable bonds is 8. The van der Waals surface area contributed by atoms with Crippen molar-refractivity contribution in [2.75, 3.05) is 6.61 Å². The van der Waals surface area contributed by atoms with Gasteiger partial charge >= 0.3 is 0 Å². The summed E-state index contributed by atoms with van der Waals surface area (Å²) in [5.41, 5.74) is 3.33. The summed E-state index contributed by atoms with van der Waals surface area (Å²) in [6.45, 7) is 12.3. The summed E-state index contributed by atoms with van der Waals surface area (Å²) in [5.74, 6) is 0. The lowest BCUT2D eigenvalue weighted by Gasteiger charge is -2.08. The van der Waals surface area contributed by atoms with Gasteiger partial charge in [0.05, 0.1) is 18.9 Å². The van der Waals surface area contributed by atoms with E-state index in [-0.39, 0.29) is 0 Å². The molecule has 0 atom stereocenters. The van der Waals surface area contributed by atoms with E-state index in [0.29, 0.717) is 19.3 Å². The zero-order chi connectivity index (χ0) is 13.4. The van der Waals surface area contributed by atoms with E-state index in [4.69, 9.17) is 4.74 Å². The van der Waals surface area contributed by atoms with Crippen LogP contribution in [-0.4, -0.2) is 17.6 Å². The lowest BCUT2D eigenvalue weighted by Crippen LogP contribution is -2.21. The molecule has 0 unspecified atom stereocenters. The summed E-state index contributed by atoms with van der Waals surface area (Å²) in [7, 11) is 0. The molecule has 0 aromatic carbocycles. The van der Waals surface area contributed by atoms with E-state index >= 15 is 0 Å². The number of aromatic nitrogens is 1. The van der Waals surface area contributed by atoms with Gasteiger partial charge in [-0.3, -0.25) is 4.98 Å². The van der Waals surface area contributed by atoms with Crippen LogP contribution in [0.4, 0.5) is 0 Å². The molecular weight excluding hydrogens is 224 g/mol. The van der Waals surface area contributed by atoms with Crippen molar-refractivity contribution in [2.24, 2.45) is 0 Å². The van der Waals surface area contributed by atoms with E-state index in [2.05, 4.69) is 36.8 Å². The van der Waals surface area contributed by atoms with Crippen molar-refractivity contribution in [2.45, 2.75) is 46.4 Å². The van der Waals surface area contributed by atoms with E-state index in [1.807, 2.05) is 19.2 Å². The maximum absolute atomic E-state index is 5.53. The molecule has 1 aromatic rings. The number of pyridine rings is 1. The van der Waals surface area contributed by atoms with Crippen molar-refractivity contribution in [1.29, 1.82) is 0 Å². The molecule has 3 heteroatoms. The summed E-state index contributed by atoms with van der Waals surface area (Å²) in [4.78, 5) is 4.39. The number of ether oxygens (including phenoxy) is 1. The van der Waals surface area contributed by atoms with Gasteiger partial charge in [0.2, 0.25) is 0 Å². The highest BCUT2D eigenvalue weighted by Crippen LogP contribution is 2.03. The monoisotopic (exact) mass is 248 g/mol. The first-order chi connectivity index (χ1) is 8.58. The number of hydrogen-bond acceptors (Lipinski definition) is 3. The van der Waals surface area contributed by atoms with Gasteiger partial charge in [0.1, 0.15) is 0 Å². The zero-order valence-corrected chi connectivity index (χ0v) is 11.7. The molecule has 0 aliphatic carbocycles. The fourth-order valence-electron chi connectivity index (χ4n) is 1.39. The summed E-state index contributed by atoms with van der Waals surface area (Å²) < 4.78 is 5.53. The van der Waals surface area contributed by atoms with Crippen molar-refractivity contribution >= 4 is 0 Å². The molecule has 1 N–H and O–H groups in total. The third kappa shape index (κ3) is 6.52. The van der Waals surface area contributed by atoms with Crippen LogP contribution in [0.2, 0.25) is 0 Å². The summed E-state index contributed by atoms with van der Waals surface area (Å²) in [6, 6.07) is 4.62. The number of nitrogens with one attached hydrogen (secondary N) is 1. The van der Waals surface area contributed by atoms with Gasteiger partial charge in [0.15, 0.2) is 0 Å². The standard InChI is InChI=1S/C15H24N2O/c1-12(2)7-8-18-11-15-6-5-14(10-17-15)9-16-13(3)4/h5-6,10,13,16H,1,7-9,11H2,2-4H3. The zero-order valence-electron chi connectivity index (χ0n) is 11.7. The quantitative estimate of drug-likeness (QED) is 0.567. The predicted molar refractivity (Wildman–Crippen MR) is 75.3 cm³/mol. The van der Waals surface area contributed by atoms with Crippen LogP contribution in [0.25, 0.3) is 0 Å². The van der Waals surface area contributed by atoms with E-state index in [9.17, 15) is 0 Å². The molecule has 0 saturated heterocycles. The first-order valence-corrected chi connectivity index (χ1v) is 6.47. The first-order valence-electron chi connectivity index (χ1n) is 6.47. The molecule has 0 fully saturated rings. The largest absolute Gasteiger partial charge is 0.375 e. The second-order valence-electron chi connectivity index (χ2n) is 4.95. The Labute approximate surface area is 110 Å². The molecule has 1 heterocycles. The fourth-order valence-corrected chi connectivity index (χ4v) is 1.39. The van der Waals surface area contributed by atoms with Gasteiger partial charge in [-0.2, -0.15) is 0 Å². The van der Waals surface area contributed by atoms with Crippen LogP contribution in [-0.2, 0) is 17.9 Å². The van der Waals surface area contributed by atoms with Gasteiger partial charge < -0.3 is 10.1 Å². The smallest absolute Gasteiger partial charge is 0.0887 e. The molecule has 100 valence electrons. The second-order valence-corrected chi connectivity index (χ2v) is 4.95. The molecule has 0 aliphatic rings. The van der Waals surface area contributed by atoms with Crippen LogP contribution in [0.3, 0.4) is 0 Å². The lowest BCUT2D eigenvalue weighted by atomic mass is 10.2. The van der Waals surface area contributed by atoms with Crippen LogP contribution in [0.15, 0.2) is 30.5 Å². The van der Waals surface area contributed by atoms with Crippen molar-refractivity contribution in [3.05, 3.63) is 41.7 Å². The topological polar surface area (TPSA) is 34.1 Å². The molecule has 1 aromatic heterocycles. The van der Waals surface area contributed by atoms with Crippen molar-refractivity contribution in [1.82, 2.24) is 10.3 Å². The average molecular weight is 248 g/mol. The maximum Gasteiger partial charge on any atom is 0.0887 e. The second kappa shape index (κ2) is 8.01. The SMILES string of the molecule is C=C(C)CCOCc1ccc(CNC(C)C)cn1. The fraction of sp³-hybridized carbons (Fsp3) is 0.533. The van der Waals surface area contributed by atoms with Crippen LogP contribution in [0.5, 0.6) is 0 Å². The van der Waals surface area contributed by atoms with Crippen molar-refractivity contribution < 1.29 is 4.74 Å². The predicted octanol–water partition coefficient (Wildman–Crippen LogP) is 3.06. The van der Waals surface area contributed by atoms with E-state index in [0.717, 1.165) is 24.2 Å². The van der Waals surface area contributed by atoms with Crippen LogP contribution in [0.1, 0.15) is 38.4 Å². The first kappa shape index (κ1) is 14.9. The summed E-state index contributed by atoms with van der Waals surface area (Å²) in [6.07, 6.45) is 2.82. The van der Waals surface area contributed by atoms with E-state index in [1.165, 1.54) is 5.56 Å². The Hall–Kier alpha value is -1.19. The van der Waals surface area contributed by atoms with Gasteiger partial charge in [0.25, 0.3) is 0 Å². The molecule has 1 rings (SSSR count). The summed E-state index contributed by atoms with van der Waals surface area (Å²) in [5, 5.41) is 3.37. The van der Waals surface area contributed by atoms with Gasteiger partial charge in [0, 0.05) is 18.8 Å². The van der Waals surface area contributed by atoms with E-state index < -0.39 is 0 Å². The highest BCUT2D eigenvalue weighted by atomic mass is 16.5. The lowest BCUT2D eigenvalue weighted by molar-refractivity contribution is 0.121. The Balaban J connectivity index is 2.29. The molecule has 0 spiro atoms. The molecule has 0 radical (unpaired) electrons. The van der Waals surface area contributed by atoms with Crippen molar-refractivity contribution in [3.8, 4) is 0 Å². The van der Waals surface area contributed by atoms with Gasteiger partial charge in [-0.25, -0.2) is 0 Å². The Morgan fingerprint density at radius 3 is 2.78 bits per heavy atom. The highest BCUT2D eigenvalue weighted by molar-refractivity contribution is 5.13. The normalized spacial score (nSPS) is 10.9. The third-order valence-electron chi connectivity index (χ3n) is 2.52. The van der Waals surface area contributed by atoms with Gasteiger partial charge in [-0.15, -0.1) is 6.58 Å². The summed E-state index contributed by atoms with van der Waals surface area (Å²) >= 11 is 0. The minimum atomic E-state index is 0.496.